The molecule has 2 fully saturated rings. The highest BCUT2D eigenvalue weighted by Crippen LogP contribution is 2.40. The summed E-state index contributed by atoms with van der Waals surface area (Å²) in [5.74, 6) is 0.0853. The minimum Gasteiger partial charge on any atom is -0.394 e. The molecule has 2 heterocycles. The van der Waals surface area contributed by atoms with E-state index in [1.807, 2.05) is 26.8 Å². The third-order valence-corrected chi connectivity index (χ3v) is 7.20. The first-order valence-electron chi connectivity index (χ1n) is 12.3. The lowest BCUT2D eigenvalue weighted by Crippen LogP contribution is -2.64. The highest BCUT2D eigenvalue weighted by atomic mass is 16.8. The number of carbonyl (C=O) groups excluding carboxylic acids is 1. The molecule has 3 aliphatic rings. The van der Waals surface area contributed by atoms with Crippen LogP contribution in [0.15, 0.2) is 23.8 Å². The zero-order valence-corrected chi connectivity index (χ0v) is 21.3. The van der Waals surface area contributed by atoms with E-state index in [1.54, 1.807) is 19.1 Å². The SMILES string of the molecule is CC1=CC(=O)CC(C)(C)[C@H]1/C=C/[C@H](C)O[C@H]1O[C@@H](CO)[C@H](O)[C@@H](O)[C@@H]1O[C@@H]1O[C@@H](C)[C@H](O)[C@@H](O)[C@H]1O. The molecule has 0 saturated carbocycles. The minimum absolute atomic E-state index is 0.00152. The molecule has 1 aliphatic carbocycles. The van der Waals surface area contributed by atoms with Crippen molar-refractivity contribution in [1.82, 2.24) is 0 Å². The standard InChI is InChI=1S/C25H40O11/c1-11-8-14(27)9-25(4,5)15(11)7-6-12(2)33-24-22(20(31)18(29)16(10-26)35-24)36-23-21(32)19(30)17(28)13(3)34-23/h6-8,12-13,15-24,26,28-32H,9-10H2,1-5H3/b7-6+/t12-,13-,15-,16-,17-,18-,19+,20+,21+,22-,23-,24-/m0/s1. The molecule has 11 heteroatoms. The molecule has 0 radical (unpaired) electrons. The molecular weight excluding hydrogens is 476 g/mol. The predicted octanol–water partition coefficient (Wildman–Crippen LogP) is -0.839. The van der Waals surface area contributed by atoms with E-state index in [9.17, 15) is 35.4 Å². The maximum atomic E-state index is 12.0. The monoisotopic (exact) mass is 516 g/mol. The van der Waals surface area contributed by atoms with Crippen LogP contribution in [0.1, 0.15) is 41.0 Å². The summed E-state index contributed by atoms with van der Waals surface area (Å²) in [4.78, 5) is 12.0. The Balaban J connectivity index is 1.76. The minimum atomic E-state index is -1.64. The first kappa shape index (κ1) is 29.3. The summed E-state index contributed by atoms with van der Waals surface area (Å²) in [5.41, 5.74) is 0.657. The fourth-order valence-electron chi connectivity index (χ4n) is 5.10. The Labute approximate surface area is 210 Å². The number of aliphatic hydroxyl groups is 6. The van der Waals surface area contributed by atoms with E-state index in [0.29, 0.717) is 6.42 Å². The number of ether oxygens (including phenoxy) is 4. The average Bonchev–Trinajstić information content (AvgIpc) is 2.79. The van der Waals surface area contributed by atoms with Gasteiger partial charge in [-0.3, -0.25) is 4.79 Å². The van der Waals surface area contributed by atoms with Gasteiger partial charge in [0, 0.05) is 12.3 Å². The van der Waals surface area contributed by atoms with Gasteiger partial charge < -0.3 is 49.6 Å². The molecule has 12 atom stereocenters. The smallest absolute Gasteiger partial charge is 0.187 e. The number of aliphatic hydroxyl groups excluding tert-OH is 6. The maximum absolute atomic E-state index is 12.0. The van der Waals surface area contributed by atoms with Crippen molar-refractivity contribution in [3.05, 3.63) is 23.8 Å². The van der Waals surface area contributed by atoms with Gasteiger partial charge >= 0.3 is 0 Å². The van der Waals surface area contributed by atoms with Gasteiger partial charge in [0.05, 0.1) is 18.8 Å². The van der Waals surface area contributed by atoms with Crippen molar-refractivity contribution in [1.29, 1.82) is 0 Å². The molecule has 6 N–H and O–H groups in total. The van der Waals surface area contributed by atoms with E-state index in [-0.39, 0.29) is 17.1 Å². The van der Waals surface area contributed by atoms with Crippen molar-refractivity contribution >= 4 is 5.78 Å². The number of carbonyl (C=O) groups is 1. The van der Waals surface area contributed by atoms with Crippen LogP contribution in [0.3, 0.4) is 0 Å². The second-order valence-corrected chi connectivity index (χ2v) is 10.7. The van der Waals surface area contributed by atoms with Gasteiger partial charge in [0.15, 0.2) is 18.4 Å². The molecule has 2 aliphatic heterocycles. The normalized spacial score (nSPS) is 44.5. The summed E-state index contributed by atoms with van der Waals surface area (Å²) in [6.45, 7) is 8.56. The predicted molar refractivity (Wildman–Crippen MR) is 125 cm³/mol. The molecule has 2 saturated heterocycles. The van der Waals surface area contributed by atoms with Crippen molar-refractivity contribution in [2.24, 2.45) is 11.3 Å². The summed E-state index contributed by atoms with van der Waals surface area (Å²) in [5, 5.41) is 61.0. The maximum Gasteiger partial charge on any atom is 0.187 e. The third-order valence-electron chi connectivity index (χ3n) is 7.20. The van der Waals surface area contributed by atoms with Crippen LogP contribution in [0, 0.1) is 11.3 Å². The zero-order chi connectivity index (χ0) is 26.9. The Bertz CT molecular complexity index is 827. The van der Waals surface area contributed by atoms with Crippen LogP contribution >= 0.6 is 0 Å². The number of hydrogen-bond donors (Lipinski definition) is 6. The zero-order valence-electron chi connectivity index (χ0n) is 21.3. The molecule has 3 rings (SSSR count). The summed E-state index contributed by atoms with van der Waals surface area (Å²) in [7, 11) is 0. The van der Waals surface area contributed by atoms with Crippen molar-refractivity contribution in [2.45, 2.75) is 109 Å². The third kappa shape index (κ3) is 6.24. The quantitative estimate of drug-likeness (QED) is 0.233. The largest absolute Gasteiger partial charge is 0.394 e. The fourth-order valence-corrected chi connectivity index (χ4v) is 5.10. The van der Waals surface area contributed by atoms with E-state index in [0.717, 1.165) is 5.57 Å². The van der Waals surface area contributed by atoms with E-state index in [2.05, 4.69) is 0 Å². The molecule has 0 unspecified atom stereocenters. The van der Waals surface area contributed by atoms with Crippen LogP contribution in [0.2, 0.25) is 0 Å². The second kappa shape index (κ2) is 11.6. The molecule has 0 spiro atoms. The van der Waals surface area contributed by atoms with Gasteiger partial charge in [-0.25, -0.2) is 0 Å². The van der Waals surface area contributed by atoms with Crippen LogP contribution < -0.4 is 0 Å². The topological polar surface area (TPSA) is 175 Å². The van der Waals surface area contributed by atoms with E-state index in [4.69, 9.17) is 18.9 Å². The van der Waals surface area contributed by atoms with Crippen molar-refractivity contribution < 1.29 is 54.4 Å². The average molecular weight is 517 g/mol. The molecule has 11 nitrogen and oxygen atoms in total. The van der Waals surface area contributed by atoms with Gasteiger partial charge in [-0.2, -0.15) is 0 Å². The summed E-state index contributed by atoms with van der Waals surface area (Å²) in [6, 6.07) is 0. The van der Waals surface area contributed by atoms with Crippen LogP contribution in [0.25, 0.3) is 0 Å². The van der Waals surface area contributed by atoms with Crippen LogP contribution in [-0.4, -0.2) is 111 Å². The van der Waals surface area contributed by atoms with Crippen molar-refractivity contribution in [3.63, 3.8) is 0 Å². The van der Waals surface area contributed by atoms with Crippen LogP contribution in [-0.2, 0) is 23.7 Å². The summed E-state index contributed by atoms with van der Waals surface area (Å²) in [6.07, 6.45) is -8.55. The molecule has 0 amide bonds. The van der Waals surface area contributed by atoms with Gasteiger partial charge in [-0.15, -0.1) is 0 Å². The van der Waals surface area contributed by atoms with Crippen LogP contribution in [0.4, 0.5) is 0 Å². The summed E-state index contributed by atoms with van der Waals surface area (Å²) >= 11 is 0. The number of ketones is 1. The van der Waals surface area contributed by atoms with Gasteiger partial charge in [0.2, 0.25) is 0 Å². The molecule has 0 bridgehead atoms. The first-order valence-corrected chi connectivity index (χ1v) is 12.3. The Morgan fingerprint density at radius 1 is 1.06 bits per heavy atom. The molecule has 0 aromatic rings. The Hall–Kier alpha value is -1.25. The van der Waals surface area contributed by atoms with Gasteiger partial charge in [-0.1, -0.05) is 31.6 Å². The number of rotatable bonds is 7. The number of hydrogen-bond acceptors (Lipinski definition) is 11. The summed E-state index contributed by atoms with van der Waals surface area (Å²) < 4.78 is 22.8. The van der Waals surface area contributed by atoms with E-state index in [1.165, 1.54) is 6.92 Å². The Morgan fingerprint density at radius 3 is 2.33 bits per heavy atom. The van der Waals surface area contributed by atoms with Crippen molar-refractivity contribution in [3.8, 4) is 0 Å². The van der Waals surface area contributed by atoms with Gasteiger partial charge in [-0.05, 0) is 32.3 Å². The Morgan fingerprint density at radius 2 is 1.72 bits per heavy atom. The fraction of sp³-hybridized carbons (Fsp3) is 0.800. The van der Waals surface area contributed by atoms with Gasteiger partial charge in [0.25, 0.3) is 0 Å². The second-order valence-electron chi connectivity index (χ2n) is 10.7. The lowest BCUT2D eigenvalue weighted by Gasteiger charge is -2.46. The lowest BCUT2D eigenvalue weighted by molar-refractivity contribution is -0.367. The lowest BCUT2D eigenvalue weighted by atomic mass is 9.68. The Kier molecular flexibility index (Phi) is 9.48. The number of allylic oxidation sites excluding steroid dienone is 3. The molecular formula is C25H40O11. The van der Waals surface area contributed by atoms with Gasteiger partial charge in [0.1, 0.15) is 42.7 Å². The highest BCUT2D eigenvalue weighted by molar-refractivity contribution is 5.92. The van der Waals surface area contributed by atoms with E-state index < -0.39 is 74.1 Å². The molecule has 206 valence electrons. The molecule has 0 aromatic carbocycles. The van der Waals surface area contributed by atoms with E-state index >= 15 is 0 Å². The van der Waals surface area contributed by atoms with Crippen molar-refractivity contribution in [2.75, 3.05) is 6.61 Å². The molecule has 36 heavy (non-hydrogen) atoms. The molecule has 0 aromatic heterocycles. The van der Waals surface area contributed by atoms with Crippen LogP contribution in [0.5, 0.6) is 0 Å². The first-order chi connectivity index (χ1) is 16.8. The highest BCUT2D eigenvalue weighted by Gasteiger charge is 2.50.